The zero-order chi connectivity index (χ0) is 15.1. The van der Waals surface area contributed by atoms with Crippen LogP contribution in [-0.4, -0.2) is 25.2 Å². The summed E-state index contributed by atoms with van der Waals surface area (Å²) >= 11 is 0. The second-order valence-corrected chi connectivity index (χ2v) is 4.75. The second kappa shape index (κ2) is 7.53. The van der Waals surface area contributed by atoms with Crippen molar-refractivity contribution in [1.29, 1.82) is 0 Å². The summed E-state index contributed by atoms with van der Waals surface area (Å²) in [6, 6.07) is 12.5. The molecule has 0 amide bonds. The van der Waals surface area contributed by atoms with E-state index >= 15 is 0 Å². The van der Waals surface area contributed by atoms with E-state index in [9.17, 15) is 0 Å². The van der Waals surface area contributed by atoms with Crippen LogP contribution in [0.1, 0.15) is 19.4 Å². The topological polar surface area (TPSA) is 37.4 Å². The first kappa shape index (κ1) is 15.2. The number of nitrogens with one attached hydrogen (secondary N) is 1. The predicted molar refractivity (Wildman–Crippen MR) is 88.1 cm³/mol. The highest BCUT2D eigenvalue weighted by Gasteiger charge is 2.04. The number of hydrogen-bond donors (Lipinski definition) is 1. The van der Waals surface area contributed by atoms with E-state index in [0.29, 0.717) is 5.88 Å². The number of rotatable bonds is 7. The number of anilines is 2. The molecule has 4 heteroatoms. The van der Waals surface area contributed by atoms with E-state index in [0.717, 1.165) is 25.3 Å². The van der Waals surface area contributed by atoms with Gasteiger partial charge in [0.25, 0.3) is 0 Å². The van der Waals surface area contributed by atoms with Crippen molar-refractivity contribution >= 4 is 11.4 Å². The summed E-state index contributed by atoms with van der Waals surface area (Å²) in [5.74, 6) is 0.622. The third-order valence-corrected chi connectivity index (χ3v) is 3.51. The summed E-state index contributed by atoms with van der Waals surface area (Å²) in [6.45, 7) is 7.16. The molecule has 0 aliphatic carbocycles. The van der Waals surface area contributed by atoms with Crippen LogP contribution in [0, 0.1) is 0 Å². The molecule has 0 fully saturated rings. The fourth-order valence-corrected chi connectivity index (χ4v) is 2.30. The van der Waals surface area contributed by atoms with Crippen molar-refractivity contribution in [3.8, 4) is 5.88 Å². The molecule has 1 aromatic heterocycles. The maximum absolute atomic E-state index is 5.23. The molecule has 1 aromatic carbocycles. The summed E-state index contributed by atoms with van der Waals surface area (Å²) in [7, 11) is 1.63. The van der Waals surface area contributed by atoms with Crippen LogP contribution in [0.15, 0.2) is 42.6 Å². The minimum atomic E-state index is 0.622. The van der Waals surface area contributed by atoms with Crippen molar-refractivity contribution in [3.63, 3.8) is 0 Å². The van der Waals surface area contributed by atoms with Gasteiger partial charge in [-0.15, -0.1) is 0 Å². The number of nitrogens with zero attached hydrogens (tertiary/aromatic N) is 2. The Bertz CT molecular complexity index is 550. The van der Waals surface area contributed by atoms with E-state index in [1.165, 1.54) is 11.3 Å². The van der Waals surface area contributed by atoms with E-state index in [2.05, 4.69) is 53.3 Å². The molecular formula is C17H23N3O. The highest BCUT2D eigenvalue weighted by molar-refractivity contribution is 5.53. The normalized spacial score (nSPS) is 10.2. The van der Waals surface area contributed by atoms with Crippen molar-refractivity contribution in [2.75, 3.05) is 30.4 Å². The largest absolute Gasteiger partial charge is 0.480 e. The molecule has 0 spiro atoms. The summed E-state index contributed by atoms with van der Waals surface area (Å²) < 4.78 is 5.23. The molecule has 0 radical (unpaired) electrons. The van der Waals surface area contributed by atoms with Crippen molar-refractivity contribution in [3.05, 3.63) is 48.2 Å². The van der Waals surface area contributed by atoms with Gasteiger partial charge in [-0.1, -0.05) is 12.1 Å². The molecule has 1 heterocycles. The molecular weight excluding hydrogens is 262 g/mol. The van der Waals surface area contributed by atoms with Gasteiger partial charge in [0.1, 0.15) is 0 Å². The molecule has 0 atom stereocenters. The fourth-order valence-electron chi connectivity index (χ4n) is 2.30. The average molecular weight is 285 g/mol. The van der Waals surface area contributed by atoms with Gasteiger partial charge in [0.15, 0.2) is 0 Å². The molecule has 4 nitrogen and oxygen atoms in total. The first-order valence-electron chi connectivity index (χ1n) is 7.35. The molecule has 0 saturated heterocycles. The lowest BCUT2D eigenvalue weighted by Gasteiger charge is -2.21. The average Bonchev–Trinajstić information content (AvgIpc) is 2.55. The molecule has 1 N–H and O–H groups in total. The molecule has 2 aromatic rings. The number of benzene rings is 1. The molecule has 0 bridgehead atoms. The van der Waals surface area contributed by atoms with Crippen LogP contribution < -0.4 is 15.0 Å². The Morgan fingerprint density at radius 2 is 1.81 bits per heavy atom. The number of aromatic nitrogens is 1. The Kier molecular flexibility index (Phi) is 5.43. The van der Waals surface area contributed by atoms with Gasteiger partial charge in [0, 0.05) is 31.5 Å². The van der Waals surface area contributed by atoms with Crippen LogP contribution >= 0.6 is 0 Å². The summed E-state index contributed by atoms with van der Waals surface area (Å²) in [5, 5.41) is 3.36. The van der Waals surface area contributed by atoms with Gasteiger partial charge in [-0.2, -0.15) is 0 Å². The van der Waals surface area contributed by atoms with E-state index in [-0.39, 0.29) is 0 Å². The summed E-state index contributed by atoms with van der Waals surface area (Å²) in [6.07, 6.45) is 1.73. The maximum atomic E-state index is 5.23. The van der Waals surface area contributed by atoms with Crippen molar-refractivity contribution in [2.45, 2.75) is 20.4 Å². The Morgan fingerprint density at radius 3 is 2.43 bits per heavy atom. The lowest BCUT2D eigenvalue weighted by atomic mass is 10.2. The number of hydrogen-bond acceptors (Lipinski definition) is 4. The highest BCUT2D eigenvalue weighted by atomic mass is 16.5. The van der Waals surface area contributed by atoms with Crippen LogP contribution in [0.2, 0.25) is 0 Å². The quantitative estimate of drug-likeness (QED) is 0.844. The van der Waals surface area contributed by atoms with E-state index in [1.54, 1.807) is 13.3 Å². The van der Waals surface area contributed by atoms with Gasteiger partial charge in [0.2, 0.25) is 5.88 Å². The van der Waals surface area contributed by atoms with Crippen molar-refractivity contribution < 1.29 is 4.74 Å². The molecule has 0 unspecified atom stereocenters. The summed E-state index contributed by atoms with van der Waals surface area (Å²) in [5.41, 5.74) is 3.41. The van der Waals surface area contributed by atoms with Crippen LogP contribution in [0.5, 0.6) is 5.88 Å². The number of methoxy groups -OCH3 is 1. The van der Waals surface area contributed by atoms with Crippen molar-refractivity contribution in [1.82, 2.24) is 4.98 Å². The lowest BCUT2D eigenvalue weighted by molar-refractivity contribution is 0.399. The van der Waals surface area contributed by atoms with E-state index in [4.69, 9.17) is 4.74 Å². The minimum absolute atomic E-state index is 0.622. The van der Waals surface area contributed by atoms with Crippen LogP contribution in [0.4, 0.5) is 11.4 Å². The zero-order valence-electron chi connectivity index (χ0n) is 13.0. The van der Waals surface area contributed by atoms with Gasteiger partial charge in [-0.25, -0.2) is 4.98 Å². The minimum Gasteiger partial charge on any atom is -0.480 e. The van der Waals surface area contributed by atoms with Gasteiger partial charge in [0.05, 0.1) is 12.8 Å². The molecule has 112 valence electrons. The standard InChI is InChI=1S/C17H23N3O/c1-4-20(5-2)15-10-8-14(9-11-15)13-19-16-7-6-12-18-17(16)21-3/h6-12,19H,4-5,13H2,1-3H3. The smallest absolute Gasteiger partial charge is 0.237 e. The second-order valence-electron chi connectivity index (χ2n) is 4.75. The van der Waals surface area contributed by atoms with E-state index in [1.807, 2.05) is 12.1 Å². The monoisotopic (exact) mass is 285 g/mol. The third kappa shape index (κ3) is 3.88. The SMILES string of the molecule is CCN(CC)c1ccc(CNc2cccnc2OC)cc1. The van der Waals surface area contributed by atoms with Gasteiger partial charge < -0.3 is 15.0 Å². The zero-order valence-corrected chi connectivity index (χ0v) is 13.0. The fraction of sp³-hybridized carbons (Fsp3) is 0.353. The lowest BCUT2D eigenvalue weighted by Crippen LogP contribution is -2.21. The summed E-state index contributed by atoms with van der Waals surface area (Å²) in [4.78, 5) is 6.51. The number of pyridine rings is 1. The first-order valence-corrected chi connectivity index (χ1v) is 7.35. The predicted octanol–water partition coefficient (Wildman–Crippen LogP) is 3.55. The molecule has 21 heavy (non-hydrogen) atoms. The molecule has 0 saturated carbocycles. The van der Waals surface area contributed by atoms with Crippen LogP contribution in [0.25, 0.3) is 0 Å². The molecule has 0 aliphatic heterocycles. The Labute approximate surface area is 126 Å². The van der Waals surface area contributed by atoms with Crippen LogP contribution in [-0.2, 0) is 6.54 Å². The van der Waals surface area contributed by atoms with Gasteiger partial charge in [-0.3, -0.25) is 0 Å². The number of ether oxygens (including phenoxy) is 1. The first-order chi connectivity index (χ1) is 10.3. The third-order valence-electron chi connectivity index (χ3n) is 3.51. The van der Waals surface area contributed by atoms with E-state index < -0.39 is 0 Å². The maximum Gasteiger partial charge on any atom is 0.237 e. The Balaban J connectivity index is 2.00. The molecule has 2 rings (SSSR count). The van der Waals surface area contributed by atoms with Crippen molar-refractivity contribution in [2.24, 2.45) is 0 Å². The van der Waals surface area contributed by atoms with Gasteiger partial charge in [-0.05, 0) is 43.7 Å². The van der Waals surface area contributed by atoms with Crippen LogP contribution in [0.3, 0.4) is 0 Å². The Hall–Kier alpha value is -2.23. The van der Waals surface area contributed by atoms with Gasteiger partial charge >= 0.3 is 0 Å². The highest BCUT2D eigenvalue weighted by Crippen LogP contribution is 2.21. The Morgan fingerprint density at radius 1 is 1.10 bits per heavy atom. The molecule has 0 aliphatic rings.